The van der Waals surface area contributed by atoms with Gasteiger partial charge in [0.15, 0.2) is 0 Å². The number of rotatable bonds is 6. The SMILES string of the molecule is COc1ccc(Cc2sccc2O[C@@H]2O[C@H](CO)[C@@H](O)C[C@H]2O)cc1. The van der Waals surface area contributed by atoms with Crippen LogP contribution in [-0.4, -0.2) is 53.6 Å². The molecule has 0 spiro atoms. The van der Waals surface area contributed by atoms with Gasteiger partial charge in [-0.15, -0.1) is 11.3 Å². The van der Waals surface area contributed by atoms with Crippen LogP contribution in [0.5, 0.6) is 11.5 Å². The molecule has 3 N–H and O–H groups in total. The molecular weight excluding hydrogens is 344 g/mol. The fourth-order valence-corrected chi connectivity index (χ4v) is 3.59. The summed E-state index contributed by atoms with van der Waals surface area (Å²) in [7, 11) is 1.63. The molecule has 1 aliphatic rings. The molecule has 25 heavy (non-hydrogen) atoms. The molecule has 0 unspecified atom stereocenters. The summed E-state index contributed by atoms with van der Waals surface area (Å²) < 4.78 is 16.5. The van der Waals surface area contributed by atoms with Gasteiger partial charge in [0.1, 0.15) is 23.7 Å². The monoisotopic (exact) mass is 366 g/mol. The van der Waals surface area contributed by atoms with E-state index in [0.29, 0.717) is 12.2 Å². The highest BCUT2D eigenvalue weighted by molar-refractivity contribution is 7.10. The lowest BCUT2D eigenvalue weighted by Gasteiger charge is -2.36. The molecule has 1 aromatic heterocycles. The van der Waals surface area contributed by atoms with E-state index in [1.807, 2.05) is 35.7 Å². The molecule has 0 radical (unpaired) electrons. The molecule has 0 bridgehead atoms. The van der Waals surface area contributed by atoms with Crippen LogP contribution in [0.4, 0.5) is 0 Å². The molecule has 0 saturated carbocycles. The van der Waals surface area contributed by atoms with Crippen LogP contribution in [0.3, 0.4) is 0 Å². The van der Waals surface area contributed by atoms with Gasteiger partial charge in [-0.1, -0.05) is 12.1 Å². The molecule has 0 amide bonds. The Balaban J connectivity index is 1.68. The van der Waals surface area contributed by atoms with Gasteiger partial charge in [0, 0.05) is 12.8 Å². The van der Waals surface area contributed by atoms with Crippen LogP contribution in [0, 0.1) is 0 Å². The highest BCUT2D eigenvalue weighted by Crippen LogP contribution is 2.31. The molecule has 4 atom stereocenters. The largest absolute Gasteiger partial charge is 0.497 e. The van der Waals surface area contributed by atoms with Gasteiger partial charge in [-0.2, -0.15) is 0 Å². The molecule has 1 aromatic carbocycles. The summed E-state index contributed by atoms with van der Waals surface area (Å²) in [5, 5.41) is 31.0. The Labute approximate surface area is 150 Å². The number of aliphatic hydroxyl groups excluding tert-OH is 3. The van der Waals surface area contributed by atoms with Crippen molar-refractivity contribution in [3.63, 3.8) is 0 Å². The van der Waals surface area contributed by atoms with Crippen molar-refractivity contribution in [1.82, 2.24) is 0 Å². The Morgan fingerprint density at radius 1 is 1.16 bits per heavy atom. The van der Waals surface area contributed by atoms with Crippen LogP contribution >= 0.6 is 11.3 Å². The maximum absolute atomic E-state index is 10.1. The van der Waals surface area contributed by atoms with Crippen molar-refractivity contribution >= 4 is 11.3 Å². The minimum absolute atomic E-state index is 0.105. The first-order valence-corrected chi connectivity index (χ1v) is 8.97. The van der Waals surface area contributed by atoms with E-state index in [-0.39, 0.29) is 13.0 Å². The lowest BCUT2D eigenvalue weighted by Crippen LogP contribution is -2.51. The number of ether oxygens (including phenoxy) is 3. The molecular formula is C18H22O6S. The minimum Gasteiger partial charge on any atom is -0.497 e. The van der Waals surface area contributed by atoms with Crippen LogP contribution < -0.4 is 9.47 Å². The summed E-state index contributed by atoms with van der Waals surface area (Å²) in [6.07, 6.45) is -2.73. The van der Waals surface area contributed by atoms with Crippen LogP contribution in [0.1, 0.15) is 16.9 Å². The van der Waals surface area contributed by atoms with Crippen molar-refractivity contribution in [3.8, 4) is 11.5 Å². The second kappa shape index (κ2) is 8.16. The standard InChI is InChI=1S/C18H22O6S/c1-22-12-4-2-11(3-5-12)8-17-15(6-7-25-17)23-18-14(21)9-13(20)16(10-19)24-18/h2-7,13-14,16,18-21H,8-10H2,1H3/t13-,14+,16+,18+/m0/s1. The summed E-state index contributed by atoms with van der Waals surface area (Å²) in [5.74, 6) is 1.44. The summed E-state index contributed by atoms with van der Waals surface area (Å²) in [5.41, 5.74) is 1.11. The van der Waals surface area contributed by atoms with Crippen molar-refractivity contribution < 1.29 is 29.5 Å². The number of benzene rings is 1. The first-order chi connectivity index (χ1) is 12.1. The van der Waals surface area contributed by atoms with Gasteiger partial charge in [-0.3, -0.25) is 0 Å². The van der Waals surface area contributed by atoms with Crippen molar-refractivity contribution in [2.45, 2.75) is 37.4 Å². The molecule has 1 aliphatic heterocycles. The van der Waals surface area contributed by atoms with E-state index in [1.165, 1.54) is 0 Å². The van der Waals surface area contributed by atoms with Gasteiger partial charge in [0.2, 0.25) is 6.29 Å². The third kappa shape index (κ3) is 4.31. The van der Waals surface area contributed by atoms with E-state index in [2.05, 4.69) is 0 Å². The van der Waals surface area contributed by atoms with Gasteiger partial charge in [0.25, 0.3) is 0 Å². The van der Waals surface area contributed by atoms with Crippen molar-refractivity contribution in [1.29, 1.82) is 0 Å². The van der Waals surface area contributed by atoms with Gasteiger partial charge < -0.3 is 29.5 Å². The van der Waals surface area contributed by atoms with Crippen LogP contribution in [0.15, 0.2) is 35.7 Å². The predicted octanol–water partition coefficient (Wildman–Crippen LogP) is 1.56. The average molecular weight is 366 g/mol. The summed E-state index contributed by atoms with van der Waals surface area (Å²) in [4.78, 5) is 1.01. The third-order valence-corrected chi connectivity index (χ3v) is 5.09. The topological polar surface area (TPSA) is 88.4 Å². The molecule has 1 saturated heterocycles. The molecule has 0 aliphatic carbocycles. The lowest BCUT2D eigenvalue weighted by molar-refractivity contribution is -0.240. The normalized spacial score (nSPS) is 26.4. The zero-order valence-electron chi connectivity index (χ0n) is 13.9. The number of aliphatic hydroxyl groups is 3. The van der Waals surface area contributed by atoms with E-state index in [4.69, 9.17) is 14.2 Å². The second-order valence-corrected chi connectivity index (χ2v) is 6.95. The van der Waals surface area contributed by atoms with E-state index >= 15 is 0 Å². The number of hydrogen-bond acceptors (Lipinski definition) is 7. The van der Waals surface area contributed by atoms with E-state index < -0.39 is 24.6 Å². The van der Waals surface area contributed by atoms with E-state index in [0.717, 1.165) is 16.2 Å². The minimum atomic E-state index is -0.952. The maximum Gasteiger partial charge on any atom is 0.226 e. The highest BCUT2D eigenvalue weighted by atomic mass is 32.1. The van der Waals surface area contributed by atoms with Crippen LogP contribution in [-0.2, 0) is 11.2 Å². The first-order valence-electron chi connectivity index (χ1n) is 8.09. The predicted molar refractivity (Wildman–Crippen MR) is 93.1 cm³/mol. The molecule has 7 heteroatoms. The third-order valence-electron chi connectivity index (χ3n) is 4.19. The average Bonchev–Trinajstić information content (AvgIpc) is 3.04. The Hall–Kier alpha value is -1.64. The number of hydrogen-bond donors (Lipinski definition) is 3. The number of thiophene rings is 1. The van der Waals surface area contributed by atoms with Crippen molar-refractivity contribution in [2.75, 3.05) is 13.7 Å². The van der Waals surface area contributed by atoms with Gasteiger partial charge in [-0.05, 0) is 29.1 Å². The fraction of sp³-hybridized carbons (Fsp3) is 0.444. The van der Waals surface area contributed by atoms with Crippen molar-refractivity contribution in [3.05, 3.63) is 46.2 Å². The van der Waals surface area contributed by atoms with Gasteiger partial charge in [0.05, 0.1) is 24.7 Å². The Kier molecular flexibility index (Phi) is 5.93. The van der Waals surface area contributed by atoms with E-state index in [9.17, 15) is 15.3 Å². The van der Waals surface area contributed by atoms with Crippen molar-refractivity contribution in [2.24, 2.45) is 0 Å². The molecule has 1 fully saturated rings. The smallest absolute Gasteiger partial charge is 0.226 e. The van der Waals surface area contributed by atoms with E-state index in [1.54, 1.807) is 18.4 Å². The lowest BCUT2D eigenvalue weighted by atomic mass is 10.0. The molecule has 136 valence electrons. The quantitative estimate of drug-likeness (QED) is 0.719. The van der Waals surface area contributed by atoms with Gasteiger partial charge >= 0.3 is 0 Å². The zero-order chi connectivity index (χ0) is 17.8. The Bertz CT molecular complexity index is 670. The first kappa shape index (κ1) is 18.2. The zero-order valence-corrected chi connectivity index (χ0v) is 14.7. The molecule has 6 nitrogen and oxygen atoms in total. The fourth-order valence-electron chi connectivity index (χ4n) is 2.75. The second-order valence-electron chi connectivity index (χ2n) is 5.95. The molecule has 2 aromatic rings. The summed E-state index contributed by atoms with van der Waals surface area (Å²) in [6, 6.07) is 9.63. The summed E-state index contributed by atoms with van der Waals surface area (Å²) >= 11 is 1.56. The summed E-state index contributed by atoms with van der Waals surface area (Å²) in [6.45, 7) is -0.323. The van der Waals surface area contributed by atoms with Crippen LogP contribution in [0.25, 0.3) is 0 Å². The molecule has 3 rings (SSSR count). The Morgan fingerprint density at radius 2 is 1.92 bits per heavy atom. The van der Waals surface area contributed by atoms with Crippen LogP contribution in [0.2, 0.25) is 0 Å². The Morgan fingerprint density at radius 3 is 2.60 bits per heavy atom. The van der Waals surface area contributed by atoms with Gasteiger partial charge in [-0.25, -0.2) is 0 Å². The molecule has 2 heterocycles. The maximum atomic E-state index is 10.1. The number of methoxy groups -OCH3 is 1. The highest BCUT2D eigenvalue weighted by Gasteiger charge is 2.37.